The van der Waals surface area contributed by atoms with Crippen LogP contribution in [0.2, 0.25) is 0 Å². The van der Waals surface area contributed by atoms with E-state index < -0.39 is 6.10 Å². The van der Waals surface area contributed by atoms with Crippen LogP contribution in [0.1, 0.15) is 18.2 Å². The first-order valence-corrected chi connectivity index (χ1v) is 3.48. The molecule has 0 amide bonds. The summed E-state index contributed by atoms with van der Waals surface area (Å²) in [6, 6.07) is 0. The minimum Gasteiger partial charge on any atom is -0.387 e. The molecule has 0 aliphatic carbocycles. The molecular formula is C7H11N3O. The van der Waals surface area contributed by atoms with Crippen LogP contribution in [0, 0.1) is 0 Å². The zero-order valence-electron chi connectivity index (χ0n) is 6.14. The second kappa shape index (κ2) is 4.00. The molecule has 0 fully saturated rings. The maximum Gasteiger partial charge on any atom is 0.0987 e. The summed E-state index contributed by atoms with van der Waals surface area (Å²) >= 11 is 0. The van der Waals surface area contributed by atoms with Crippen molar-refractivity contribution in [2.45, 2.75) is 12.5 Å². The quantitative estimate of drug-likeness (QED) is 0.634. The minimum atomic E-state index is -0.575. The predicted molar refractivity (Wildman–Crippen MR) is 40.7 cm³/mol. The predicted octanol–water partition coefficient (Wildman–Crippen LogP) is -0.141. The molecule has 1 rings (SSSR count). The third kappa shape index (κ3) is 2.25. The lowest BCUT2D eigenvalue weighted by atomic mass is 10.2. The van der Waals surface area contributed by atoms with E-state index in [-0.39, 0.29) is 0 Å². The zero-order chi connectivity index (χ0) is 8.10. The Hall–Kier alpha value is -1.00. The maximum atomic E-state index is 9.34. The highest BCUT2D eigenvalue weighted by molar-refractivity contribution is 4.98. The maximum absolute atomic E-state index is 9.34. The molecule has 60 valence electrons. The Labute approximate surface area is 65.1 Å². The topological polar surface area (TPSA) is 72.0 Å². The summed E-state index contributed by atoms with van der Waals surface area (Å²) in [6.45, 7) is 0.456. The molecule has 0 spiro atoms. The first-order chi connectivity index (χ1) is 5.34. The van der Waals surface area contributed by atoms with Gasteiger partial charge in [-0.15, -0.1) is 0 Å². The molecule has 0 bridgehead atoms. The van der Waals surface area contributed by atoms with Crippen LogP contribution < -0.4 is 5.73 Å². The summed E-state index contributed by atoms with van der Waals surface area (Å²) in [7, 11) is 0. The first kappa shape index (κ1) is 8.10. The van der Waals surface area contributed by atoms with Crippen molar-refractivity contribution in [1.82, 2.24) is 9.97 Å². The third-order valence-electron chi connectivity index (χ3n) is 1.36. The number of nitrogens with two attached hydrogens (primary N) is 1. The largest absolute Gasteiger partial charge is 0.387 e. The molecular weight excluding hydrogens is 142 g/mol. The van der Waals surface area contributed by atoms with Crippen molar-refractivity contribution in [1.29, 1.82) is 0 Å². The molecule has 0 radical (unpaired) electrons. The van der Waals surface area contributed by atoms with Crippen molar-refractivity contribution in [3.63, 3.8) is 0 Å². The Morgan fingerprint density at radius 2 is 2.36 bits per heavy atom. The van der Waals surface area contributed by atoms with E-state index in [2.05, 4.69) is 9.97 Å². The second-order valence-electron chi connectivity index (χ2n) is 2.22. The number of aliphatic hydroxyl groups excluding tert-OH is 1. The molecule has 1 aromatic rings. The van der Waals surface area contributed by atoms with Crippen LogP contribution in [0.25, 0.3) is 0 Å². The van der Waals surface area contributed by atoms with E-state index in [1.165, 1.54) is 0 Å². The molecule has 0 aliphatic heterocycles. The van der Waals surface area contributed by atoms with Crippen molar-refractivity contribution in [2.24, 2.45) is 5.73 Å². The van der Waals surface area contributed by atoms with Gasteiger partial charge < -0.3 is 10.8 Å². The van der Waals surface area contributed by atoms with E-state index in [9.17, 15) is 5.11 Å². The van der Waals surface area contributed by atoms with Crippen LogP contribution >= 0.6 is 0 Å². The molecule has 1 heterocycles. The molecule has 0 saturated heterocycles. The molecule has 4 heteroatoms. The van der Waals surface area contributed by atoms with E-state index in [0.29, 0.717) is 18.7 Å². The van der Waals surface area contributed by atoms with Crippen molar-refractivity contribution in [3.8, 4) is 0 Å². The fraction of sp³-hybridized carbons (Fsp3) is 0.429. The fourth-order valence-electron chi connectivity index (χ4n) is 0.788. The van der Waals surface area contributed by atoms with Gasteiger partial charge in [-0.2, -0.15) is 0 Å². The van der Waals surface area contributed by atoms with E-state index in [0.717, 1.165) is 0 Å². The Morgan fingerprint density at radius 3 is 2.91 bits per heavy atom. The van der Waals surface area contributed by atoms with E-state index >= 15 is 0 Å². The minimum absolute atomic E-state index is 0.456. The van der Waals surface area contributed by atoms with Crippen LogP contribution in [0.4, 0.5) is 0 Å². The molecule has 11 heavy (non-hydrogen) atoms. The van der Waals surface area contributed by atoms with Gasteiger partial charge in [0.05, 0.1) is 18.0 Å². The Bertz CT molecular complexity index is 202. The number of aliphatic hydroxyl groups is 1. The molecule has 1 atom stereocenters. The van der Waals surface area contributed by atoms with Crippen molar-refractivity contribution in [3.05, 3.63) is 24.3 Å². The highest BCUT2D eigenvalue weighted by atomic mass is 16.3. The summed E-state index contributed by atoms with van der Waals surface area (Å²) in [4.78, 5) is 7.75. The van der Waals surface area contributed by atoms with Crippen LogP contribution in [-0.4, -0.2) is 21.6 Å². The number of hydrogen-bond donors (Lipinski definition) is 2. The number of nitrogens with zero attached hydrogens (tertiary/aromatic N) is 2. The summed E-state index contributed by atoms with van der Waals surface area (Å²) in [5.41, 5.74) is 5.84. The number of rotatable bonds is 3. The SMILES string of the molecule is NCC[C@H](O)c1cnccn1. The van der Waals surface area contributed by atoms with Gasteiger partial charge in [0.1, 0.15) is 0 Å². The van der Waals surface area contributed by atoms with Gasteiger partial charge in [-0.25, -0.2) is 0 Å². The van der Waals surface area contributed by atoms with Gasteiger partial charge in [-0.1, -0.05) is 0 Å². The molecule has 0 aliphatic rings. The molecule has 0 aromatic carbocycles. The lowest BCUT2D eigenvalue weighted by Crippen LogP contribution is -2.08. The summed E-state index contributed by atoms with van der Waals surface area (Å²) < 4.78 is 0. The molecule has 4 nitrogen and oxygen atoms in total. The lowest BCUT2D eigenvalue weighted by Gasteiger charge is -2.05. The average molecular weight is 153 g/mol. The Morgan fingerprint density at radius 1 is 1.55 bits per heavy atom. The van der Waals surface area contributed by atoms with E-state index in [4.69, 9.17) is 5.73 Å². The number of hydrogen-bond acceptors (Lipinski definition) is 4. The van der Waals surface area contributed by atoms with E-state index in [1.807, 2.05) is 0 Å². The average Bonchev–Trinajstić information content (AvgIpc) is 2.07. The normalized spacial score (nSPS) is 12.9. The third-order valence-corrected chi connectivity index (χ3v) is 1.36. The van der Waals surface area contributed by atoms with Gasteiger partial charge >= 0.3 is 0 Å². The summed E-state index contributed by atoms with van der Waals surface area (Å²) in [5, 5.41) is 9.34. The van der Waals surface area contributed by atoms with Crippen LogP contribution in [-0.2, 0) is 0 Å². The van der Waals surface area contributed by atoms with Gasteiger partial charge in [0.2, 0.25) is 0 Å². The summed E-state index contributed by atoms with van der Waals surface area (Å²) in [6.07, 6.45) is 4.61. The van der Waals surface area contributed by atoms with Gasteiger partial charge in [-0.3, -0.25) is 9.97 Å². The second-order valence-corrected chi connectivity index (χ2v) is 2.22. The number of aromatic nitrogens is 2. The zero-order valence-corrected chi connectivity index (χ0v) is 6.14. The van der Waals surface area contributed by atoms with Gasteiger partial charge in [0.25, 0.3) is 0 Å². The van der Waals surface area contributed by atoms with Gasteiger partial charge in [-0.05, 0) is 13.0 Å². The Kier molecular flexibility index (Phi) is 2.95. The standard InChI is InChI=1S/C7H11N3O/c8-2-1-7(11)6-5-9-3-4-10-6/h3-5,7,11H,1-2,8H2/t7-/m0/s1. The monoisotopic (exact) mass is 153 g/mol. The first-order valence-electron chi connectivity index (χ1n) is 3.48. The fourth-order valence-corrected chi connectivity index (χ4v) is 0.788. The van der Waals surface area contributed by atoms with Gasteiger partial charge in [0.15, 0.2) is 0 Å². The smallest absolute Gasteiger partial charge is 0.0987 e. The van der Waals surface area contributed by atoms with Crippen LogP contribution in [0.3, 0.4) is 0 Å². The summed E-state index contributed by atoms with van der Waals surface area (Å²) in [5.74, 6) is 0. The Balaban J connectivity index is 2.61. The van der Waals surface area contributed by atoms with Crippen molar-refractivity contribution in [2.75, 3.05) is 6.54 Å². The van der Waals surface area contributed by atoms with Crippen molar-refractivity contribution >= 4 is 0 Å². The molecule has 3 N–H and O–H groups in total. The van der Waals surface area contributed by atoms with Crippen LogP contribution in [0.5, 0.6) is 0 Å². The van der Waals surface area contributed by atoms with Crippen molar-refractivity contribution < 1.29 is 5.11 Å². The highest BCUT2D eigenvalue weighted by Gasteiger charge is 2.06. The van der Waals surface area contributed by atoms with E-state index in [1.54, 1.807) is 18.6 Å². The molecule has 0 saturated carbocycles. The highest BCUT2D eigenvalue weighted by Crippen LogP contribution is 2.10. The van der Waals surface area contributed by atoms with Crippen LogP contribution in [0.15, 0.2) is 18.6 Å². The molecule has 0 unspecified atom stereocenters. The molecule has 1 aromatic heterocycles. The van der Waals surface area contributed by atoms with Gasteiger partial charge in [0, 0.05) is 12.4 Å². The lowest BCUT2D eigenvalue weighted by molar-refractivity contribution is 0.165.